The molecule has 3 N–H and O–H groups in total. The van der Waals surface area contributed by atoms with Crippen molar-refractivity contribution >= 4 is 33.4 Å². The highest BCUT2D eigenvalue weighted by molar-refractivity contribution is 7.91. The van der Waals surface area contributed by atoms with Crippen molar-refractivity contribution in [3.8, 4) is 0 Å². The molecule has 0 spiro atoms. The van der Waals surface area contributed by atoms with Gasteiger partial charge in [-0.25, -0.2) is 23.0 Å². The van der Waals surface area contributed by atoms with E-state index in [1.807, 2.05) is 0 Å². The van der Waals surface area contributed by atoms with Gasteiger partial charge in [0, 0.05) is 17.9 Å². The Kier molecular flexibility index (Phi) is 7.81. The summed E-state index contributed by atoms with van der Waals surface area (Å²) in [4.78, 5) is 35.2. The van der Waals surface area contributed by atoms with E-state index in [0.29, 0.717) is 30.9 Å². The quantitative estimate of drug-likeness (QED) is 0.446. The Bertz CT molecular complexity index is 1010. The summed E-state index contributed by atoms with van der Waals surface area (Å²) in [5.41, 5.74) is -0.121. The molecule has 0 saturated carbocycles. The molecule has 0 radical (unpaired) electrons. The molecule has 1 heterocycles. The largest absolute Gasteiger partial charge is 0.478 e. The van der Waals surface area contributed by atoms with Gasteiger partial charge < -0.3 is 15.5 Å². The second-order valence-electron chi connectivity index (χ2n) is 6.70. The summed E-state index contributed by atoms with van der Waals surface area (Å²) in [5.74, 6) is -1.07. The molecule has 1 aromatic heterocycles. The number of aromatic nitrogens is 3. The standard InChI is InChI=1S/C19H24N4O6S/c1-3-30(28,29)8-6-4-5-7-16-20-12(2)21-19(23-16)22-15-10-13(17(24)25)9-14(11-15)18(26)27/h9-11H,3-8H2,1-2H3,(H,24,25)(H,26,27)(H,20,21,22,23). The lowest BCUT2D eigenvalue weighted by atomic mass is 10.1. The number of unbranched alkanes of at least 4 members (excludes halogenated alkanes) is 2. The van der Waals surface area contributed by atoms with Crippen LogP contribution >= 0.6 is 0 Å². The molecule has 0 saturated heterocycles. The first-order chi connectivity index (χ1) is 14.1. The predicted octanol–water partition coefficient (Wildman–Crippen LogP) is 2.47. The van der Waals surface area contributed by atoms with Gasteiger partial charge in [0.15, 0.2) is 0 Å². The smallest absolute Gasteiger partial charge is 0.335 e. The van der Waals surface area contributed by atoms with Crippen molar-refractivity contribution in [3.63, 3.8) is 0 Å². The van der Waals surface area contributed by atoms with Crippen molar-refractivity contribution in [3.05, 3.63) is 41.0 Å². The summed E-state index contributed by atoms with van der Waals surface area (Å²) in [6, 6.07) is 3.65. The highest BCUT2D eigenvalue weighted by atomic mass is 32.2. The lowest BCUT2D eigenvalue weighted by Gasteiger charge is -2.09. The Hall–Kier alpha value is -3.08. The van der Waals surface area contributed by atoms with Crippen LogP contribution in [0.5, 0.6) is 0 Å². The van der Waals surface area contributed by atoms with Crippen LogP contribution in [0.15, 0.2) is 18.2 Å². The van der Waals surface area contributed by atoms with Crippen LogP contribution in [0.1, 0.15) is 58.6 Å². The number of hydrogen-bond acceptors (Lipinski definition) is 8. The van der Waals surface area contributed by atoms with Crippen LogP contribution in [-0.4, -0.2) is 57.0 Å². The number of aromatic carboxylic acids is 2. The van der Waals surface area contributed by atoms with Crippen LogP contribution in [0.25, 0.3) is 0 Å². The molecule has 0 unspecified atom stereocenters. The summed E-state index contributed by atoms with van der Waals surface area (Å²) >= 11 is 0. The molecule has 30 heavy (non-hydrogen) atoms. The highest BCUT2D eigenvalue weighted by Crippen LogP contribution is 2.19. The zero-order valence-corrected chi connectivity index (χ0v) is 17.6. The van der Waals surface area contributed by atoms with E-state index >= 15 is 0 Å². The van der Waals surface area contributed by atoms with Crippen molar-refractivity contribution in [1.82, 2.24) is 15.0 Å². The van der Waals surface area contributed by atoms with Gasteiger partial charge in [-0.15, -0.1) is 0 Å². The van der Waals surface area contributed by atoms with E-state index in [0.717, 1.165) is 12.5 Å². The van der Waals surface area contributed by atoms with Crippen LogP contribution in [0, 0.1) is 6.92 Å². The number of nitrogens with one attached hydrogen (secondary N) is 1. The number of sulfone groups is 1. The minimum Gasteiger partial charge on any atom is -0.478 e. The molecule has 10 nitrogen and oxygen atoms in total. The number of aryl methyl sites for hydroxylation is 2. The molecule has 2 rings (SSSR count). The van der Waals surface area contributed by atoms with Crippen LogP contribution < -0.4 is 5.32 Å². The van der Waals surface area contributed by atoms with Crippen LogP contribution in [-0.2, 0) is 16.3 Å². The van der Waals surface area contributed by atoms with E-state index in [1.165, 1.54) is 12.1 Å². The van der Waals surface area contributed by atoms with E-state index in [9.17, 15) is 28.2 Å². The lowest BCUT2D eigenvalue weighted by molar-refractivity contribution is 0.0696. The molecular weight excluding hydrogens is 412 g/mol. The Morgan fingerprint density at radius 1 is 0.967 bits per heavy atom. The zero-order chi connectivity index (χ0) is 22.3. The van der Waals surface area contributed by atoms with E-state index in [4.69, 9.17) is 0 Å². The first-order valence-corrected chi connectivity index (χ1v) is 11.2. The molecule has 0 fully saturated rings. The third kappa shape index (κ3) is 7.07. The molecule has 0 aliphatic rings. The molecular formula is C19H24N4O6S. The fraction of sp³-hybridized carbons (Fsp3) is 0.421. The molecule has 0 aliphatic heterocycles. The minimum atomic E-state index is -2.97. The van der Waals surface area contributed by atoms with Crippen molar-refractivity contribution in [2.45, 2.75) is 39.5 Å². The Morgan fingerprint density at radius 2 is 1.60 bits per heavy atom. The fourth-order valence-corrected chi connectivity index (χ4v) is 3.64. The predicted molar refractivity (Wildman–Crippen MR) is 110 cm³/mol. The molecule has 0 atom stereocenters. The number of anilines is 2. The van der Waals surface area contributed by atoms with Gasteiger partial charge in [-0.3, -0.25) is 0 Å². The SMILES string of the molecule is CCS(=O)(=O)CCCCCc1nc(C)nc(Nc2cc(C(=O)O)cc(C(=O)O)c2)n1. The second kappa shape index (κ2) is 10.1. The van der Waals surface area contributed by atoms with Gasteiger partial charge in [-0.1, -0.05) is 13.3 Å². The molecule has 11 heteroatoms. The zero-order valence-electron chi connectivity index (χ0n) is 16.8. The average molecular weight is 436 g/mol. The number of carbonyl (C=O) groups is 2. The summed E-state index contributed by atoms with van der Waals surface area (Å²) in [5, 5.41) is 21.2. The highest BCUT2D eigenvalue weighted by Gasteiger charge is 2.13. The normalized spacial score (nSPS) is 11.3. The van der Waals surface area contributed by atoms with E-state index in [-0.39, 0.29) is 34.3 Å². The van der Waals surface area contributed by atoms with E-state index < -0.39 is 21.8 Å². The maximum Gasteiger partial charge on any atom is 0.335 e. The summed E-state index contributed by atoms with van der Waals surface area (Å²) in [6.07, 6.45) is 2.53. The first-order valence-electron chi connectivity index (χ1n) is 9.40. The van der Waals surface area contributed by atoms with Crippen molar-refractivity contribution in [2.24, 2.45) is 0 Å². The van der Waals surface area contributed by atoms with Crippen molar-refractivity contribution in [2.75, 3.05) is 16.8 Å². The maximum atomic E-state index is 11.5. The van der Waals surface area contributed by atoms with Crippen LogP contribution in [0.3, 0.4) is 0 Å². The lowest BCUT2D eigenvalue weighted by Crippen LogP contribution is -2.09. The molecule has 0 amide bonds. The van der Waals surface area contributed by atoms with Gasteiger partial charge in [0.05, 0.1) is 16.9 Å². The number of rotatable bonds is 11. The summed E-state index contributed by atoms with van der Waals surface area (Å²) in [7, 11) is -2.97. The second-order valence-corrected chi connectivity index (χ2v) is 9.18. The van der Waals surface area contributed by atoms with Gasteiger partial charge in [0.1, 0.15) is 21.5 Å². The molecule has 0 bridgehead atoms. The van der Waals surface area contributed by atoms with Gasteiger partial charge in [-0.05, 0) is 38.0 Å². The number of hydrogen-bond donors (Lipinski definition) is 3. The molecule has 2 aromatic rings. The van der Waals surface area contributed by atoms with Gasteiger partial charge >= 0.3 is 11.9 Å². The number of carboxylic acid groups (broad SMARTS) is 2. The van der Waals surface area contributed by atoms with Crippen molar-refractivity contribution < 1.29 is 28.2 Å². The first kappa shape index (κ1) is 23.2. The molecule has 162 valence electrons. The number of benzene rings is 1. The van der Waals surface area contributed by atoms with Gasteiger partial charge in [0.25, 0.3) is 0 Å². The topological polar surface area (TPSA) is 159 Å². The Balaban J connectivity index is 2.08. The van der Waals surface area contributed by atoms with Crippen molar-refractivity contribution in [1.29, 1.82) is 0 Å². The average Bonchev–Trinajstić information content (AvgIpc) is 2.67. The number of nitrogens with zero attached hydrogens (tertiary/aromatic N) is 3. The molecule has 0 aliphatic carbocycles. The van der Waals surface area contributed by atoms with Crippen LogP contribution in [0.2, 0.25) is 0 Å². The monoisotopic (exact) mass is 436 g/mol. The van der Waals surface area contributed by atoms with E-state index in [2.05, 4.69) is 20.3 Å². The maximum absolute atomic E-state index is 11.5. The minimum absolute atomic E-state index is 0.140. The van der Waals surface area contributed by atoms with Gasteiger partial charge in [0.2, 0.25) is 5.95 Å². The van der Waals surface area contributed by atoms with Crippen LogP contribution in [0.4, 0.5) is 11.6 Å². The van der Waals surface area contributed by atoms with E-state index in [1.54, 1.807) is 13.8 Å². The third-order valence-electron chi connectivity index (χ3n) is 4.27. The fourth-order valence-electron chi connectivity index (χ4n) is 2.71. The Labute approximate surface area is 174 Å². The Morgan fingerprint density at radius 3 is 2.17 bits per heavy atom. The number of carboxylic acids is 2. The summed E-state index contributed by atoms with van der Waals surface area (Å²) < 4.78 is 23.0. The third-order valence-corrected chi connectivity index (χ3v) is 6.06. The van der Waals surface area contributed by atoms with Gasteiger partial charge in [-0.2, -0.15) is 9.97 Å². The molecule has 1 aromatic carbocycles. The summed E-state index contributed by atoms with van der Waals surface area (Å²) in [6.45, 7) is 3.31.